The van der Waals surface area contributed by atoms with Crippen molar-refractivity contribution in [3.63, 3.8) is 0 Å². The van der Waals surface area contributed by atoms with Crippen LogP contribution in [0.2, 0.25) is 0 Å². The Labute approximate surface area is 192 Å². The molecule has 2 saturated carbocycles. The fourth-order valence-corrected chi connectivity index (χ4v) is 5.55. The lowest BCUT2D eigenvalue weighted by Gasteiger charge is -2.16. The normalized spacial score (nSPS) is 23.2. The fourth-order valence-electron chi connectivity index (χ4n) is 4.47. The number of nitrogens with one attached hydrogen (secondary N) is 2. The molecule has 1 aliphatic heterocycles. The predicted molar refractivity (Wildman–Crippen MR) is 130 cm³/mol. The van der Waals surface area contributed by atoms with E-state index in [0.717, 1.165) is 34.6 Å². The number of pyridine rings is 2. The highest BCUT2D eigenvalue weighted by Crippen LogP contribution is 2.42. The van der Waals surface area contributed by atoms with Gasteiger partial charge >= 0.3 is 0 Å². The molecule has 5 rings (SSSR count). The number of fused-ring (bicyclic) bond motifs is 1. The maximum atomic E-state index is 9.06. The summed E-state index contributed by atoms with van der Waals surface area (Å²) < 4.78 is 0. The van der Waals surface area contributed by atoms with Gasteiger partial charge in [-0.1, -0.05) is 24.6 Å². The molecule has 1 unspecified atom stereocenters. The number of aromatic nitrogens is 2. The van der Waals surface area contributed by atoms with Crippen LogP contribution in [0.3, 0.4) is 0 Å². The lowest BCUT2D eigenvalue weighted by molar-refractivity contribution is 0.260. The van der Waals surface area contributed by atoms with Crippen molar-refractivity contribution in [3.8, 4) is 0 Å². The second-order valence-corrected chi connectivity index (χ2v) is 10.0. The van der Waals surface area contributed by atoms with Gasteiger partial charge in [0.05, 0.1) is 16.4 Å². The van der Waals surface area contributed by atoms with Gasteiger partial charge in [-0.25, -0.2) is 21.2 Å². The molecular formula is C23H31N7OS. The minimum Gasteiger partial charge on any atom is -0.396 e. The van der Waals surface area contributed by atoms with E-state index in [1.807, 2.05) is 24.5 Å². The number of aliphatic hydroxyl groups is 1. The standard InChI is InChI=1S/C23H31N7OS/c24-30(10-3-11-31)14-18(15-6-7-15)17-12-20-19(25-13-17)8-9-21(26-20)27-23-29-28-22(32-23)16-4-1-2-5-16/h8-9,12-16,22,28,31H,1-7,10-11,24H2,(H,26,27,29)/b18-14+. The Kier molecular flexibility index (Phi) is 6.59. The van der Waals surface area contributed by atoms with Gasteiger partial charge in [-0.3, -0.25) is 10.4 Å². The van der Waals surface area contributed by atoms with Crippen LogP contribution in [0, 0.1) is 11.8 Å². The second kappa shape index (κ2) is 9.74. The second-order valence-electron chi connectivity index (χ2n) is 8.87. The van der Waals surface area contributed by atoms with Gasteiger partial charge in [-0.15, -0.1) is 0 Å². The smallest absolute Gasteiger partial charge is 0.179 e. The number of amidine groups is 1. The van der Waals surface area contributed by atoms with Crippen molar-refractivity contribution < 1.29 is 5.11 Å². The van der Waals surface area contributed by atoms with Crippen molar-refractivity contribution in [3.05, 3.63) is 36.2 Å². The van der Waals surface area contributed by atoms with E-state index in [-0.39, 0.29) is 6.61 Å². The molecule has 0 bridgehead atoms. The molecule has 1 atom stereocenters. The lowest BCUT2D eigenvalue weighted by atomic mass is 10.0. The number of aliphatic imine (C=N–C) groups is 1. The van der Waals surface area contributed by atoms with Crippen LogP contribution in [0.5, 0.6) is 0 Å². The molecule has 3 aliphatic rings. The monoisotopic (exact) mass is 453 g/mol. The van der Waals surface area contributed by atoms with Crippen molar-refractivity contribution in [1.82, 2.24) is 25.8 Å². The topological polar surface area (TPSA) is 112 Å². The van der Waals surface area contributed by atoms with Crippen molar-refractivity contribution in [2.24, 2.45) is 22.7 Å². The summed E-state index contributed by atoms with van der Waals surface area (Å²) in [5.41, 5.74) is 10.5. The van der Waals surface area contributed by atoms with E-state index in [1.54, 1.807) is 16.8 Å². The molecule has 0 aromatic carbocycles. The minimum absolute atomic E-state index is 0.136. The minimum atomic E-state index is 0.136. The number of hydrogen-bond donors (Lipinski definition) is 4. The number of allylic oxidation sites excluding steroid dienone is 1. The van der Waals surface area contributed by atoms with Crippen LogP contribution in [-0.2, 0) is 0 Å². The summed E-state index contributed by atoms with van der Waals surface area (Å²) in [6.07, 6.45) is 12.1. The van der Waals surface area contributed by atoms with Crippen molar-refractivity contribution >= 4 is 39.4 Å². The summed E-state index contributed by atoms with van der Waals surface area (Å²) in [5, 5.41) is 12.0. The van der Waals surface area contributed by atoms with Crippen LogP contribution in [0.15, 0.2) is 35.6 Å². The van der Waals surface area contributed by atoms with E-state index in [1.165, 1.54) is 31.3 Å². The number of thioether (sulfide) groups is 1. The van der Waals surface area contributed by atoms with Crippen LogP contribution in [0.4, 0.5) is 5.82 Å². The number of hydrogen-bond acceptors (Lipinski definition) is 8. The first-order valence-corrected chi connectivity index (χ1v) is 12.5. The van der Waals surface area contributed by atoms with Gasteiger partial charge in [-0.05, 0) is 73.3 Å². The van der Waals surface area contributed by atoms with Crippen molar-refractivity contribution in [1.29, 1.82) is 0 Å². The zero-order valence-electron chi connectivity index (χ0n) is 18.2. The number of nitrogens with zero attached hydrogens (tertiary/aromatic N) is 4. The van der Waals surface area contributed by atoms with Gasteiger partial charge in [-0.2, -0.15) is 0 Å². The Morgan fingerprint density at radius 2 is 2.09 bits per heavy atom. The highest BCUT2D eigenvalue weighted by Gasteiger charge is 2.31. The van der Waals surface area contributed by atoms with Crippen LogP contribution in [0.1, 0.15) is 50.5 Å². The average molecular weight is 454 g/mol. The zero-order valence-corrected chi connectivity index (χ0v) is 19.0. The number of aliphatic hydroxyl groups excluding tert-OH is 1. The van der Waals surface area contributed by atoms with E-state index in [4.69, 9.17) is 20.9 Å². The molecule has 5 N–H and O–H groups in total. The Hall–Kier alpha value is -2.20. The van der Waals surface area contributed by atoms with Gasteiger partial charge in [0, 0.05) is 25.5 Å². The molecule has 1 saturated heterocycles. The van der Waals surface area contributed by atoms with Gasteiger partial charge in [0.15, 0.2) is 11.0 Å². The highest BCUT2D eigenvalue weighted by atomic mass is 32.2. The predicted octanol–water partition coefficient (Wildman–Crippen LogP) is 3.28. The average Bonchev–Trinajstić information content (AvgIpc) is 3.29. The van der Waals surface area contributed by atoms with E-state index >= 15 is 0 Å². The van der Waals surface area contributed by atoms with Gasteiger partial charge in [0.2, 0.25) is 0 Å². The molecule has 3 heterocycles. The Morgan fingerprint density at radius 3 is 2.88 bits per heavy atom. The number of hydrazine groups is 2. The van der Waals surface area contributed by atoms with Crippen LogP contribution < -0.4 is 16.7 Å². The zero-order chi connectivity index (χ0) is 21.9. The largest absolute Gasteiger partial charge is 0.396 e. The Balaban J connectivity index is 1.36. The Morgan fingerprint density at radius 1 is 1.25 bits per heavy atom. The van der Waals surface area contributed by atoms with Crippen molar-refractivity contribution in [2.45, 2.75) is 50.3 Å². The first-order valence-electron chi connectivity index (χ1n) is 11.6. The van der Waals surface area contributed by atoms with E-state index in [0.29, 0.717) is 36.0 Å². The summed E-state index contributed by atoms with van der Waals surface area (Å²) in [6.45, 7) is 0.755. The van der Waals surface area contributed by atoms with E-state index < -0.39 is 0 Å². The maximum absolute atomic E-state index is 9.06. The SMILES string of the molecule is NN(/C=C(/c1cnc2ccc(N=C3NNC(C4CCCC4)S3)nc2c1)C1CC1)CCCO. The Bertz CT molecular complexity index is 1020. The fraction of sp³-hybridized carbons (Fsp3) is 0.522. The molecule has 8 nitrogen and oxygen atoms in total. The van der Waals surface area contributed by atoms with E-state index in [2.05, 4.69) is 21.9 Å². The molecule has 0 spiro atoms. The molecule has 0 amide bonds. The number of rotatable bonds is 8. The first-order chi connectivity index (χ1) is 15.7. The summed E-state index contributed by atoms with van der Waals surface area (Å²) >= 11 is 1.77. The maximum Gasteiger partial charge on any atom is 0.179 e. The van der Waals surface area contributed by atoms with Gasteiger partial charge < -0.3 is 10.1 Å². The molecule has 2 aromatic rings. The van der Waals surface area contributed by atoms with Gasteiger partial charge in [0.1, 0.15) is 0 Å². The summed E-state index contributed by atoms with van der Waals surface area (Å²) in [5.74, 6) is 8.03. The third kappa shape index (κ3) is 5.06. The molecule has 2 aromatic heterocycles. The highest BCUT2D eigenvalue weighted by molar-refractivity contribution is 8.14. The molecule has 3 fully saturated rings. The van der Waals surface area contributed by atoms with Crippen molar-refractivity contribution in [2.75, 3.05) is 13.2 Å². The molecule has 9 heteroatoms. The van der Waals surface area contributed by atoms with Gasteiger partial charge in [0.25, 0.3) is 0 Å². The molecule has 170 valence electrons. The third-order valence-corrected chi connectivity index (χ3v) is 7.53. The summed E-state index contributed by atoms with van der Waals surface area (Å²) in [7, 11) is 0. The molecule has 32 heavy (non-hydrogen) atoms. The summed E-state index contributed by atoms with van der Waals surface area (Å²) in [4.78, 5) is 14.1. The summed E-state index contributed by atoms with van der Waals surface area (Å²) in [6, 6.07) is 5.98. The van der Waals surface area contributed by atoms with E-state index in [9.17, 15) is 0 Å². The molecule has 2 aliphatic carbocycles. The quantitative estimate of drug-likeness (QED) is 0.356. The van der Waals surface area contributed by atoms with Crippen LogP contribution in [-0.4, -0.2) is 43.8 Å². The molecular weight excluding hydrogens is 422 g/mol. The van der Waals surface area contributed by atoms with Crippen LogP contribution >= 0.6 is 11.8 Å². The third-order valence-electron chi connectivity index (χ3n) is 6.36. The lowest BCUT2D eigenvalue weighted by Crippen LogP contribution is -2.34. The number of nitrogens with two attached hydrogens (primary N) is 1. The first kappa shape index (κ1) is 21.6. The molecule has 0 radical (unpaired) electrons. The van der Waals surface area contributed by atoms with Crippen LogP contribution in [0.25, 0.3) is 16.6 Å².